The largest absolute Gasteiger partial charge is 0.396 e. The first-order valence-corrected chi connectivity index (χ1v) is 15.0. The van der Waals surface area contributed by atoms with Crippen LogP contribution in [-0.4, -0.2) is 86.3 Å². The molecule has 7 nitrogen and oxygen atoms in total. The molecule has 1 N–H and O–H groups in total. The van der Waals surface area contributed by atoms with Gasteiger partial charge in [0.25, 0.3) is 0 Å². The van der Waals surface area contributed by atoms with Crippen molar-refractivity contribution in [3.05, 3.63) is 23.8 Å². The zero-order chi connectivity index (χ0) is 28.1. The normalized spacial score (nSPS) is 17.7. The van der Waals surface area contributed by atoms with Crippen LogP contribution in [0.15, 0.2) is 18.2 Å². The summed E-state index contributed by atoms with van der Waals surface area (Å²) in [6.45, 7) is 17.2. The van der Waals surface area contributed by atoms with Gasteiger partial charge in [-0.3, -0.25) is 19.4 Å². The van der Waals surface area contributed by atoms with E-state index in [1.807, 2.05) is 0 Å². The van der Waals surface area contributed by atoms with Crippen molar-refractivity contribution in [1.29, 1.82) is 0 Å². The summed E-state index contributed by atoms with van der Waals surface area (Å²) in [6, 6.07) is 6.70. The number of piperazine rings is 1. The molecule has 2 atom stereocenters. The van der Waals surface area contributed by atoms with Crippen LogP contribution in [0.25, 0.3) is 0 Å². The molecule has 0 bridgehead atoms. The predicted molar refractivity (Wildman–Crippen MR) is 160 cm³/mol. The van der Waals surface area contributed by atoms with Gasteiger partial charge in [-0.1, -0.05) is 39.7 Å². The highest BCUT2D eigenvalue weighted by atomic mass is 16.7. The number of carbonyl (C=O) groups excluding carboxylic acids is 1. The van der Waals surface area contributed by atoms with E-state index in [0.29, 0.717) is 18.9 Å². The second-order valence-corrected chi connectivity index (χ2v) is 11.3. The van der Waals surface area contributed by atoms with Gasteiger partial charge in [-0.15, -0.1) is 0 Å². The zero-order valence-electron chi connectivity index (χ0n) is 25.4. The molecule has 1 heterocycles. The number of Topliss-reactive ketones (excluding diaryl/α,β-unsaturated/α-hetero) is 1. The number of anilines is 2. The van der Waals surface area contributed by atoms with E-state index in [2.05, 4.69) is 67.6 Å². The molecule has 0 radical (unpaired) electrons. The molecule has 1 aromatic rings. The van der Waals surface area contributed by atoms with Crippen LogP contribution in [-0.2, 0) is 16.2 Å². The third kappa shape index (κ3) is 9.51. The first kappa shape index (κ1) is 32.5. The quantitative estimate of drug-likeness (QED) is 0.256. The van der Waals surface area contributed by atoms with Crippen molar-refractivity contribution in [3.63, 3.8) is 0 Å². The van der Waals surface area contributed by atoms with Crippen LogP contribution in [0.2, 0.25) is 0 Å². The van der Waals surface area contributed by atoms with E-state index in [1.165, 1.54) is 37.8 Å². The smallest absolute Gasteiger partial charge is 0.154 e. The third-order valence-electron chi connectivity index (χ3n) is 7.97. The van der Waals surface area contributed by atoms with Gasteiger partial charge in [-0.2, -0.15) is 0 Å². The molecule has 1 fully saturated rings. The van der Waals surface area contributed by atoms with Crippen molar-refractivity contribution >= 4 is 17.2 Å². The SMILES string of the molecule is CCCC(CCC)CN1CCN(Cc2ccc(N(OC)C(CCCO)C(C)=O)c(N(C)CCC)c2)CC1C. The van der Waals surface area contributed by atoms with E-state index in [0.717, 1.165) is 56.4 Å². The van der Waals surface area contributed by atoms with Crippen molar-refractivity contribution in [2.75, 3.05) is 63.5 Å². The van der Waals surface area contributed by atoms with Gasteiger partial charge >= 0.3 is 0 Å². The number of aliphatic hydroxyl groups is 1. The van der Waals surface area contributed by atoms with Crippen molar-refractivity contribution < 1.29 is 14.7 Å². The van der Waals surface area contributed by atoms with Crippen LogP contribution in [0.4, 0.5) is 11.4 Å². The lowest BCUT2D eigenvalue weighted by molar-refractivity contribution is -0.120. The number of hydrogen-bond acceptors (Lipinski definition) is 7. The molecule has 1 aromatic carbocycles. The Morgan fingerprint density at radius 2 is 1.82 bits per heavy atom. The Hall–Kier alpha value is -1.67. The monoisotopic (exact) mass is 532 g/mol. The van der Waals surface area contributed by atoms with Gasteiger partial charge in [0.2, 0.25) is 0 Å². The lowest BCUT2D eigenvalue weighted by Crippen LogP contribution is -2.52. The minimum absolute atomic E-state index is 0.0421. The molecule has 7 heteroatoms. The number of aliphatic hydroxyl groups excluding tert-OH is 1. The average molecular weight is 533 g/mol. The van der Waals surface area contributed by atoms with E-state index in [1.54, 1.807) is 19.1 Å². The van der Waals surface area contributed by atoms with E-state index in [-0.39, 0.29) is 12.4 Å². The standard InChI is InChI=1S/C31H56N4O3/c1-8-12-27(13-9-2)24-34-19-18-33(22-25(34)4)23-28-15-16-30(31(21-28)32(6)17-10-3)35(38-7)29(26(5)37)14-11-20-36/h15-16,21,25,27,29,36H,8-14,17-20,22-24H2,1-7H3. The van der Waals surface area contributed by atoms with Gasteiger partial charge < -0.3 is 10.0 Å². The fourth-order valence-electron chi connectivity index (χ4n) is 6.00. The van der Waals surface area contributed by atoms with E-state index >= 15 is 0 Å². The Kier molecular flexibility index (Phi) is 14.7. The highest BCUT2D eigenvalue weighted by molar-refractivity contribution is 5.86. The summed E-state index contributed by atoms with van der Waals surface area (Å²) in [4.78, 5) is 25.9. The molecule has 1 aliphatic rings. The molecule has 218 valence electrons. The fraction of sp³-hybridized carbons (Fsp3) is 0.774. The number of ketones is 1. The number of rotatable bonds is 18. The van der Waals surface area contributed by atoms with Crippen LogP contribution >= 0.6 is 0 Å². The topological polar surface area (TPSA) is 59.5 Å². The van der Waals surface area contributed by atoms with Gasteiger partial charge in [0.15, 0.2) is 5.78 Å². The van der Waals surface area contributed by atoms with Crippen LogP contribution in [0.1, 0.15) is 85.1 Å². The molecule has 2 rings (SSSR count). The van der Waals surface area contributed by atoms with Gasteiger partial charge in [0.1, 0.15) is 6.04 Å². The van der Waals surface area contributed by atoms with Gasteiger partial charge in [-0.25, -0.2) is 5.06 Å². The molecule has 1 aliphatic heterocycles. The summed E-state index contributed by atoms with van der Waals surface area (Å²) >= 11 is 0. The van der Waals surface area contributed by atoms with E-state index < -0.39 is 6.04 Å². The maximum atomic E-state index is 12.5. The van der Waals surface area contributed by atoms with Crippen molar-refractivity contribution in [2.24, 2.45) is 5.92 Å². The minimum atomic E-state index is -0.426. The fourth-order valence-corrected chi connectivity index (χ4v) is 6.00. The molecule has 38 heavy (non-hydrogen) atoms. The molecular formula is C31H56N4O3. The lowest BCUT2D eigenvalue weighted by atomic mass is 9.96. The summed E-state index contributed by atoms with van der Waals surface area (Å²) < 4.78 is 0. The molecule has 1 saturated heterocycles. The van der Waals surface area contributed by atoms with Gasteiger partial charge in [0, 0.05) is 59.0 Å². The zero-order valence-corrected chi connectivity index (χ0v) is 25.4. The molecule has 0 spiro atoms. The molecular weight excluding hydrogens is 476 g/mol. The second-order valence-electron chi connectivity index (χ2n) is 11.3. The van der Waals surface area contributed by atoms with Crippen LogP contribution < -0.4 is 9.96 Å². The van der Waals surface area contributed by atoms with E-state index in [9.17, 15) is 9.90 Å². The Morgan fingerprint density at radius 3 is 2.37 bits per heavy atom. The number of benzene rings is 1. The first-order chi connectivity index (χ1) is 18.3. The maximum Gasteiger partial charge on any atom is 0.154 e. The molecule has 2 unspecified atom stereocenters. The highest BCUT2D eigenvalue weighted by Gasteiger charge is 2.28. The second kappa shape index (κ2) is 17.1. The highest BCUT2D eigenvalue weighted by Crippen LogP contribution is 2.33. The van der Waals surface area contributed by atoms with Gasteiger partial charge in [-0.05, 0) is 69.6 Å². The lowest BCUT2D eigenvalue weighted by Gasteiger charge is -2.41. The Morgan fingerprint density at radius 1 is 1.11 bits per heavy atom. The summed E-state index contributed by atoms with van der Waals surface area (Å²) in [6.07, 6.45) is 7.37. The van der Waals surface area contributed by atoms with Crippen molar-refractivity contribution in [2.45, 2.75) is 98.2 Å². The van der Waals surface area contributed by atoms with Crippen LogP contribution in [0, 0.1) is 5.92 Å². The number of nitrogens with zero attached hydrogens (tertiary/aromatic N) is 4. The Bertz CT molecular complexity index is 814. The third-order valence-corrected chi connectivity index (χ3v) is 7.97. The summed E-state index contributed by atoms with van der Waals surface area (Å²) in [7, 11) is 3.74. The maximum absolute atomic E-state index is 12.5. The van der Waals surface area contributed by atoms with Crippen molar-refractivity contribution in [3.8, 4) is 0 Å². The molecule has 0 aliphatic carbocycles. The first-order valence-electron chi connectivity index (χ1n) is 15.0. The summed E-state index contributed by atoms with van der Waals surface area (Å²) in [5.74, 6) is 0.864. The number of carbonyl (C=O) groups is 1. The van der Waals surface area contributed by atoms with Crippen molar-refractivity contribution in [1.82, 2.24) is 9.80 Å². The predicted octanol–water partition coefficient (Wildman–Crippen LogP) is 5.35. The van der Waals surface area contributed by atoms with E-state index in [4.69, 9.17) is 4.84 Å². The molecule has 0 saturated carbocycles. The van der Waals surface area contributed by atoms with Gasteiger partial charge in [0.05, 0.1) is 18.5 Å². The Balaban J connectivity index is 2.20. The van der Waals surface area contributed by atoms with Crippen LogP contribution in [0.3, 0.4) is 0 Å². The summed E-state index contributed by atoms with van der Waals surface area (Å²) in [5, 5.41) is 11.1. The average Bonchev–Trinajstić information content (AvgIpc) is 2.88. The molecule has 0 amide bonds. The summed E-state index contributed by atoms with van der Waals surface area (Å²) in [5.41, 5.74) is 3.27. The Labute approximate surface area is 233 Å². The minimum Gasteiger partial charge on any atom is -0.396 e. The number of hydrogen-bond donors (Lipinski definition) is 1. The number of hydroxylamine groups is 1. The molecule has 0 aromatic heterocycles. The van der Waals surface area contributed by atoms with Crippen LogP contribution in [0.5, 0.6) is 0 Å².